The molecule has 3 N–H and O–H groups in total. The number of ether oxygens (including phenoxy) is 2. The molecule has 50 heavy (non-hydrogen) atoms. The topological polar surface area (TPSA) is 138 Å². The Labute approximate surface area is 292 Å². The number of aryl methyl sites for hydroxylation is 1. The molecule has 4 rings (SSSR count). The number of hydrogen-bond acceptors (Lipinski definition) is 8. The average Bonchev–Trinajstić information content (AvgIpc) is 3.09. The summed E-state index contributed by atoms with van der Waals surface area (Å²) >= 11 is 0. The van der Waals surface area contributed by atoms with E-state index < -0.39 is 45.8 Å². The number of rotatable bonds is 15. The fourth-order valence-electron chi connectivity index (χ4n) is 6.17. The summed E-state index contributed by atoms with van der Waals surface area (Å²) in [6.45, 7) is 6.95. The molecule has 3 atom stereocenters. The minimum atomic E-state index is -4.06. The first-order valence-electron chi connectivity index (χ1n) is 16.6. The summed E-state index contributed by atoms with van der Waals surface area (Å²) in [5.41, 5.74) is 1.35. The number of amides is 2. The Hall–Kier alpha value is -4.11. The van der Waals surface area contributed by atoms with Crippen molar-refractivity contribution in [1.29, 1.82) is 0 Å². The molecule has 1 heterocycles. The summed E-state index contributed by atoms with van der Waals surface area (Å²) in [5, 5.41) is 17.7. The fraction of sp³-hybridized carbons (Fsp3) is 0.444. The van der Waals surface area contributed by atoms with Crippen LogP contribution in [0.1, 0.15) is 58.5 Å². The molecule has 0 spiro atoms. The van der Waals surface area contributed by atoms with Crippen LogP contribution in [-0.2, 0) is 16.4 Å². The molecule has 0 saturated carbocycles. The Morgan fingerprint density at radius 2 is 1.62 bits per heavy atom. The number of hydrogen-bond donors (Lipinski definition) is 3. The lowest BCUT2D eigenvalue weighted by molar-refractivity contribution is 0.0600. The Bertz CT molecular complexity index is 1750. The lowest BCUT2D eigenvalue weighted by Gasteiger charge is -2.38. The van der Waals surface area contributed by atoms with Crippen molar-refractivity contribution in [2.75, 3.05) is 46.9 Å². The Morgan fingerprint density at radius 3 is 2.24 bits per heavy atom. The van der Waals surface area contributed by atoms with Gasteiger partial charge in [-0.2, -0.15) is 4.31 Å². The van der Waals surface area contributed by atoms with Crippen molar-refractivity contribution in [3.05, 3.63) is 88.5 Å². The van der Waals surface area contributed by atoms with Gasteiger partial charge in [-0.25, -0.2) is 17.2 Å². The van der Waals surface area contributed by atoms with Gasteiger partial charge in [-0.3, -0.25) is 9.59 Å². The monoisotopic (exact) mass is 716 g/mol. The van der Waals surface area contributed by atoms with Gasteiger partial charge in [-0.1, -0.05) is 13.8 Å². The second-order valence-electron chi connectivity index (χ2n) is 12.4. The van der Waals surface area contributed by atoms with E-state index in [-0.39, 0.29) is 53.7 Å². The van der Waals surface area contributed by atoms with Crippen molar-refractivity contribution in [2.45, 2.75) is 63.1 Å². The molecule has 11 nitrogen and oxygen atoms in total. The molecule has 1 aliphatic heterocycles. The largest absolute Gasteiger partial charge is 0.493 e. The van der Waals surface area contributed by atoms with Crippen LogP contribution in [0, 0.1) is 18.6 Å². The third-order valence-electron chi connectivity index (χ3n) is 8.54. The number of nitrogens with zero attached hydrogens (tertiary/aromatic N) is 2. The summed E-state index contributed by atoms with van der Waals surface area (Å²) in [7, 11) is -1.22. The second kappa shape index (κ2) is 17.2. The minimum absolute atomic E-state index is 0.0355. The number of piperazine rings is 1. The van der Waals surface area contributed by atoms with Gasteiger partial charge in [0.1, 0.15) is 11.6 Å². The summed E-state index contributed by atoms with van der Waals surface area (Å²) in [5.74, 6) is -1.89. The lowest BCUT2D eigenvalue weighted by Crippen LogP contribution is -2.62. The predicted molar refractivity (Wildman–Crippen MR) is 185 cm³/mol. The predicted octanol–water partition coefficient (Wildman–Crippen LogP) is 3.92. The summed E-state index contributed by atoms with van der Waals surface area (Å²) in [6, 6.07) is 9.98. The highest BCUT2D eigenvalue weighted by molar-refractivity contribution is 7.89. The van der Waals surface area contributed by atoms with E-state index in [1.807, 2.05) is 13.8 Å². The molecule has 0 radical (unpaired) electrons. The standard InChI is InChI=1S/C36H46F2N4O7S/c1-6-11-41(12-7-2)36(45)26-15-23(3)14-25(19-26)35(44)40-30(18-24-16-27(37)20-28(38)17-24)34(43)31-22-42(13-10-39-31)50(46,47)29-8-9-32(48-4)33(21-29)49-5/h8-9,14-17,19-21,30-31,34,39,43H,6-7,10-13,18,22H2,1-5H3,(H,40,44)/t30-,31+,34?/m0/s1. The third-order valence-corrected chi connectivity index (χ3v) is 10.4. The molecular formula is C36H46F2N4O7S. The highest BCUT2D eigenvalue weighted by atomic mass is 32.2. The Morgan fingerprint density at radius 1 is 0.980 bits per heavy atom. The highest BCUT2D eigenvalue weighted by Gasteiger charge is 2.37. The van der Waals surface area contributed by atoms with Crippen molar-refractivity contribution in [2.24, 2.45) is 0 Å². The van der Waals surface area contributed by atoms with E-state index in [2.05, 4.69) is 10.6 Å². The smallest absolute Gasteiger partial charge is 0.253 e. The van der Waals surface area contributed by atoms with Crippen LogP contribution in [-0.4, -0.2) is 99.7 Å². The van der Waals surface area contributed by atoms with Crippen molar-refractivity contribution in [3.8, 4) is 11.5 Å². The first-order chi connectivity index (χ1) is 23.8. The number of nitrogens with one attached hydrogen (secondary N) is 2. The van der Waals surface area contributed by atoms with Gasteiger partial charge in [0.25, 0.3) is 11.8 Å². The zero-order valence-corrected chi connectivity index (χ0v) is 29.9. The number of benzene rings is 3. The molecule has 1 saturated heterocycles. The fourth-order valence-corrected chi connectivity index (χ4v) is 7.65. The van der Waals surface area contributed by atoms with Crippen LogP contribution >= 0.6 is 0 Å². The molecule has 1 unspecified atom stereocenters. The van der Waals surface area contributed by atoms with E-state index in [1.54, 1.807) is 24.0 Å². The lowest BCUT2D eigenvalue weighted by atomic mass is 9.94. The van der Waals surface area contributed by atoms with E-state index >= 15 is 0 Å². The van der Waals surface area contributed by atoms with E-state index in [1.165, 1.54) is 42.8 Å². The second-order valence-corrected chi connectivity index (χ2v) is 14.3. The van der Waals surface area contributed by atoms with Gasteiger partial charge < -0.3 is 30.1 Å². The molecule has 0 aliphatic carbocycles. The number of aliphatic hydroxyl groups excluding tert-OH is 1. The molecule has 1 fully saturated rings. The average molecular weight is 717 g/mol. The van der Waals surface area contributed by atoms with Crippen LogP contribution in [0.25, 0.3) is 0 Å². The zero-order chi connectivity index (χ0) is 36.6. The van der Waals surface area contributed by atoms with Crippen molar-refractivity contribution < 1.29 is 41.4 Å². The van der Waals surface area contributed by atoms with Crippen LogP contribution in [0.2, 0.25) is 0 Å². The van der Waals surface area contributed by atoms with Crippen LogP contribution < -0.4 is 20.1 Å². The summed E-state index contributed by atoms with van der Waals surface area (Å²) < 4.78 is 67.6. The van der Waals surface area contributed by atoms with Gasteiger partial charge in [-0.15, -0.1) is 0 Å². The molecule has 2 amide bonds. The van der Waals surface area contributed by atoms with E-state index in [0.717, 1.165) is 31.0 Å². The molecular weight excluding hydrogens is 670 g/mol. The van der Waals surface area contributed by atoms with E-state index in [0.29, 0.717) is 30.0 Å². The molecule has 1 aliphatic rings. The summed E-state index contributed by atoms with van der Waals surface area (Å²) in [6.07, 6.45) is -0.0504. The quantitative estimate of drug-likeness (QED) is 0.216. The number of halogens is 2. The Kier molecular flexibility index (Phi) is 13.3. The van der Waals surface area contributed by atoms with Gasteiger partial charge in [0, 0.05) is 62.0 Å². The maximum atomic E-state index is 14.2. The van der Waals surface area contributed by atoms with Gasteiger partial charge >= 0.3 is 0 Å². The third kappa shape index (κ3) is 9.36. The van der Waals surface area contributed by atoms with Crippen LogP contribution in [0.5, 0.6) is 11.5 Å². The number of carbonyl (C=O) groups excluding carboxylic acids is 2. The molecule has 3 aromatic rings. The molecule has 272 valence electrons. The van der Waals surface area contributed by atoms with Crippen LogP contribution in [0.15, 0.2) is 59.5 Å². The van der Waals surface area contributed by atoms with Gasteiger partial charge in [0.15, 0.2) is 11.5 Å². The number of methoxy groups -OCH3 is 2. The van der Waals surface area contributed by atoms with Crippen LogP contribution in [0.3, 0.4) is 0 Å². The van der Waals surface area contributed by atoms with Crippen molar-refractivity contribution in [1.82, 2.24) is 19.8 Å². The molecule has 0 aromatic heterocycles. The zero-order valence-electron chi connectivity index (χ0n) is 29.0. The van der Waals surface area contributed by atoms with Gasteiger partial charge in [0.2, 0.25) is 10.0 Å². The SMILES string of the molecule is CCCN(CCC)C(=O)c1cc(C)cc(C(=O)N[C@@H](Cc2cc(F)cc(F)c2)C(O)[C@H]2CN(S(=O)(=O)c3ccc(OC)c(OC)c3)CCN2)c1. The van der Waals surface area contributed by atoms with Gasteiger partial charge in [0.05, 0.1) is 31.3 Å². The van der Waals surface area contributed by atoms with Gasteiger partial charge in [-0.05, 0) is 79.8 Å². The molecule has 3 aromatic carbocycles. The first kappa shape index (κ1) is 38.7. The molecule has 0 bridgehead atoms. The summed E-state index contributed by atoms with van der Waals surface area (Å²) in [4.78, 5) is 28.9. The number of carbonyl (C=O) groups is 2. The normalized spacial score (nSPS) is 16.4. The number of sulfonamides is 1. The van der Waals surface area contributed by atoms with Crippen LogP contribution in [0.4, 0.5) is 8.78 Å². The molecule has 14 heteroatoms. The first-order valence-corrected chi connectivity index (χ1v) is 18.1. The van der Waals surface area contributed by atoms with E-state index in [4.69, 9.17) is 9.47 Å². The van der Waals surface area contributed by atoms with E-state index in [9.17, 15) is 31.9 Å². The Balaban J connectivity index is 1.63. The minimum Gasteiger partial charge on any atom is -0.493 e. The van der Waals surface area contributed by atoms with Crippen molar-refractivity contribution >= 4 is 21.8 Å². The maximum Gasteiger partial charge on any atom is 0.253 e. The highest BCUT2D eigenvalue weighted by Crippen LogP contribution is 2.31. The number of aliphatic hydroxyl groups is 1. The maximum absolute atomic E-state index is 14.2. The van der Waals surface area contributed by atoms with Crippen molar-refractivity contribution in [3.63, 3.8) is 0 Å².